The van der Waals surface area contributed by atoms with Crippen molar-refractivity contribution in [3.63, 3.8) is 0 Å². The van der Waals surface area contributed by atoms with Crippen molar-refractivity contribution in [3.8, 4) is 11.8 Å². The lowest BCUT2D eigenvalue weighted by Crippen LogP contribution is -2.05. The Labute approximate surface area is 123 Å². The van der Waals surface area contributed by atoms with Gasteiger partial charge in [0.25, 0.3) is 0 Å². The first kappa shape index (κ1) is 14.9. The zero-order valence-electron chi connectivity index (χ0n) is 10.7. The van der Waals surface area contributed by atoms with Gasteiger partial charge in [-0.1, -0.05) is 6.07 Å². The number of nitro groups is 1. The summed E-state index contributed by atoms with van der Waals surface area (Å²) in [6.07, 6.45) is 0. The van der Waals surface area contributed by atoms with Crippen molar-refractivity contribution < 1.29 is 14.1 Å². The molecule has 0 fully saturated rings. The van der Waals surface area contributed by atoms with E-state index in [4.69, 9.17) is 16.3 Å². The van der Waals surface area contributed by atoms with Crippen LogP contribution < -0.4 is 10.1 Å². The summed E-state index contributed by atoms with van der Waals surface area (Å²) in [4.78, 5) is 21.3. The van der Waals surface area contributed by atoms with Crippen LogP contribution in [-0.4, -0.2) is 26.4 Å². The molecular formula is C11H9ClFN5O3. The number of hydrogen-bond donors (Lipinski definition) is 1. The van der Waals surface area contributed by atoms with Gasteiger partial charge in [0.2, 0.25) is 17.0 Å². The van der Waals surface area contributed by atoms with Crippen molar-refractivity contribution in [3.05, 3.63) is 39.4 Å². The predicted molar refractivity (Wildman–Crippen MR) is 72.1 cm³/mol. The Bertz CT molecular complexity index is 685. The molecule has 21 heavy (non-hydrogen) atoms. The smallest absolute Gasteiger partial charge is 0.328 e. The van der Waals surface area contributed by atoms with Crippen molar-refractivity contribution >= 4 is 23.2 Å². The third kappa shape index (κ3) is 3.51. The Hall–Kier alpha value is -2.55. The van der Waals surface area contributed by atoms with Crippen LogP contribution in [0.5, 0.6) is 11.8 Å². The Morgan fingerprint density at radius 2 is 2.19 bits per heavy atom. The lowest BCUT2D eigenvalue weighted by Gasteiger charge is -2.07. The number of rotatable bonds is 5. The third-order valence-corrected chi connectivity index (χ3v) is 2.43. The number of nitro benzene ring substituents is 1. The van der Waals surface area contributed by atoms with Crippen LogP contribution in [0.15, 0.2) is 18.2 Å². The molecule has 0 aliphatic rings. The van der Waals surface area contributed by atoms with E-state index in [1.807, 2.05) is 0 Å². The first-order valence-electron chi connectivity index (χ1n) is 5.77. The Morgan fingerprint density at radius 3 is 2.86 bits per heavy atom. The molecule has 0 aliphatic heterocycles. The van der Waals surface area contributed by atoms with Crippen molar-refractivity contribution in [2.24, 2.45) is 0 Å². The summed E-state index contributed by atoms with van der Waals surface area (Å²) in [6, 6.07) is 2.98. The fourth-order valence-corrected chi connectivity index (χ4v) is 1.60. The first-order valence-corrected chi connectivity index (χ1v) is 6.15. The largest absolute Gasteiger partial charge is 0.414 e. The number of nitrogens with one attached hydrogen (secondary N) is 1. The zero-order chi connectivity index (χ0) is 15.4. The molecule has 0 saturated heterocycles. The Balaban J connectivity index is 2.40. The van der Waals surface area contributed by atoms with Crippen LogP contribution >= 0.6 is 11.6 Å². The van der Waals surface area contributed by atoms with Crippen LogP contribution in [0.1, 0.15) is 6.92 Å². The number of hydrogen-bond acceptors (Lipinski definition) is 7. The highest BCUT2D eigenvalue weighted by atomic mass is 35.5. The maximum Gasteiger partial charge on any atom is 0.328 e. The molecule has 0 aliphatic carbocycles. The van der Waals surface area contributed by atoms with Gasteiger partial charge < -0.3 is 10.1 Å². The summed E-state index contributed by atoms with van der Waals surface area (Å²) in [7, 11) is 0. The van der Waals surface area contributed by atoms with E-state index >= 15 is 0 Å². The number of ether oxygens (including phenoxy) is 1. The fraction of sp³-hybridized carbons (Fsp3) is 0.182. The zero-order valence-corrected chi connectivity index (χ0v) is 11.5. The summed E-state index contributed by atoms with van der Waals surface area (Å²) in [5.41, 5.74) is -0.545. The second kappa shape index (κ2) is 6.27. The molecule has 0 unspecified atom stereocenters. The molecule has 0 spiro atoms. The topological polar surface area (TPSA) is 103 Å². The quantitative estimate of drug-likeness (QED) is 0.668. The van der Waals surface area contributed by atoms with E-state index in [1.54, 1.807) is 6.92 Å². The highest BCUT2D eigenvalue weighted by Gasteiger charge is 2.21. The van der Waals surface area contributed by atoms with Gasteiger partial charge in [0.05, 0.1) is 4.92 Å². The number of nitrogens with zero attached hydrogens (tertiary/aromatic N) is 4. The van der Waals surface area contributed by atoms with E-state index in [-0.39, 0.29) is 17.2 Å². The molecule has 0 bridgehead atoms. The minimum absolute atomic E-state index is 0.117. The summed E-state index contributed by atoms with van der Waals surface area (Å²) < 4.78 is 18.8. The van der Waals surface area contributed by atoms with Crippen LogP contribution in [-0.2, 0) is 0 Å². The Morgan fingerprint density at radius 1 is 1.43 bits per heavy atom. The second-order valence-corrected chi connectivity index (χ2v) is 4.03. The summed E-state index contributed by atoms with van der Waals surface area (Å²) in [6.45, 7) is 2.32. The van der Waals surface area contributed by atoms with Gasteiger partial charge in [-0.2, -0.15) is 15.0 Å². The second-order valence-electron chi connectivity index (χ2n) is 3.69. The van der Waals surface area contributed by atoms with Gasteiger partial charge in [-0.05, 0) is 24.6 Å². The molecule has 2 aromatic rings. The van der Waals surface area contributed by atoms with E-state index in [1.165, 1.54) is 6.07 Å². The van der Waals surface area contributed by atoms with E-state index in [0.29, 0.717) is 6.54 Å². The van der Waals surface area contributed by atoms with Gasteiger partial charge >= 0.3 is 11.7 Å². The molecule has 0 amide bonds. The molecule has 1 N–H and O–H groups in total. The standard InChI is InChI=1S/C11H9ClFN5O3/c1-2-14-10-15-9(12)16-11(17-10)21-8-6(13)4-3-5-7(8)18(19)20/h3-5H,2H2,1H3,(H,14,15,16,17). The molecule has 0 radical (unpaired) electrons. The summed E-state index contributed by atoms with van der Waals surface area (Å²) in [5.74, 6) is -1.38. The predicted octanol–water partition coefficient (Wildman–Crippen LogP) is 2.80. The molecule has 10 heteroatoms. The minimum atomic E-state index is -0.911. The maximum absolute atomic E-state index is 13.7. The van der Waals surface area contributed by atoms with Crippen LogP contribution in [0.4, 0.5) is 16.0 Å². The molecule has 1 heterocycles. The molecule has 1 aromatic carbocycles. The Kier molecular flexibility index (Phi) is 4.43. The maximum atomic E-state index is 13.7. The highest BCUT2D eigenvalue weighted by Crippen LogP contribution is 2.32. The van der Waals surface area contributed by atoms with Crippen LogP contribution in [0.2, 0.25) is 5.28 Å². The normalized spacial score (nSPS) is 10.2. The lowest BCUT2D eigenvalue weighted by atomic mass is 10.3. The molecule has 1 aromatic heterocycles. The van der Waals surface area contributed by atoms with Gasteiger partial charge in [-0.3, -0.25) is 10.1 Å². The van der Waals surface area contributed by atoms with E-state index in [0.717, 1.165) is 12.1 Å². The molecule has 110 valence electrons. The molecular weight excluding hydrogens is 305 g/mol. The van der Waals surface area contributed by atoms with Gasteiger partial charge in [0.1, 0.15) is 0 Å². The van der Waals surface area contributed by atoms with Crippen molar-refractivity contribution in [1.29, 1.82) is 0 Å². The van der Waals surface area contributed by atoms with Crippen LogP contribution in [0.3, 0.4) is 0 Å². The number of benzene rings is 1. The van der Waals surface area contributed by atoms with Crippen LogP contribution in [0, 0.1) is 15.9 Å². The first-order chi connectivity index (χ1) is 10.0. The SMILES string of the molecule is CCNc1nc(Cl)nc(Oc2c(F)cccc2[N+](=O)[O-])n1. The molecule has 0 atom stereocenters. The molecule has 0 saturated carbocycles. The van der Waals surface area contributed by atoms with Gasteiger partial charge in [0, 0.05) is 12.6 Å². The van der Waals surface area contributed by atoms with Crippen LogP contribution in [0.25, 0.3) is 0 Å². The van der Waals surface area contributed by atoms with E-state index < -0.39 is 22.2 Å². The lowest BCUT2D eigenvalue weighted by molar-refractivity contribution is -0.385. The summed E-state index contributed by atoms with van der Waals surface area (Å²) >= 11 is 5.68. The highest BCUT2D eigenvalue weighted by molar-refractivity contribution is 6.28. The van der Waals surface area contributed by atoms with E-state index in [2.05, 4.69) is 20.3 Å². The number of anilines is 1. The van der Waals surface area contributed by atoms with Crippen molar-refractivity contribution in [2.45, 2.75) is 6.92 Å². The van der Waals surface area contributed by atoms with E-state index in [9.17, 15) is 14.5 Å². The van der Waals surface area contributed by atoms with Gasteiger partial charge in [-0.25, -0.2) is 4.39 Å². The monoisotopic (exact) mass is 313 g/mol. The van der Waals surface area contributed by atoms with Crippen molar-refractivity contribution in [1.82, 2.24) is 15.0 Å². The van der Waals surface area contributed by atoms with Gasteiger partial charge in [0.15, 0.2) is 5.82 Å². The van der Waals surface area contributed by atoms with Crippen molar-refractivity contribution in [2.75, 3.05) is 11.9 Å². The minimum Gasteiger partial charge on any atom is -0.414 e. The third-order valence-electron chi connectivity index (χ3n) is 2.26. The average Bonchev–Trinajstić information content (AvgIpc) is 2.40. The average molecular weight is 314 g/mol. The van der Waals surface area contributed by atoms with Gasteiger partial charge in [-0.15, -0.1) is 0 Å². The number of halogens is 2. The molecule has 2 rings (SSSR count). The molecule has 8 nitrogen and oxygen atoms in total. The number of para-hydroxylation sites is 1. The fourth-order valence-electron chi connectivity index (χ4n) is 1.45. The summed E-state index contributed by atoms with van der Waals surface area (Å²) in [5, 5.41) is 13.5. The number of aromatic nitrogens is 3.